The predicted octanol–water partition coefficient (Wildman–Crippen LogP) is 2.14. The molecule has 0 saturated heterocycles. The fraction of sp³-hybridized carbons (Fsp3) is 0.357. The van der Waals surface area contributed by atoms with Gasteiger partial charge in [-0.3, -0.25) is 4.79 Å². The van der Waals surface area contributed by atoms with Crippen molar-refractivity contribution in [1.29, 1.82) is 0 Å². The zero-order chi connectivity index (χ0) is 13.1. The number of anilines is 1. The third-order valence-electron chi connectivity index (χ3n) is 3.18. The van der Waals surface area contributed by atoms with E-state index in [4.69, 9.17) is 5.73 Å². The predicted molar refractivity (Wildman–Crippen MR) is 74.2 cm³/mol. The van der Waals surface area contributed by atoms with E-state index in [1.807, 2.05) is 42.0 Å². The van der Waals surface area contributed by atoms with Crippen molar-refractivity contribution in [1.82, 2.24) is 9.88 Å². The summed E-state index contributed by atoms with van der Waals surface area (Å²) in [6.45, 7) is 4.39. The highest BCUT2D eigenvalue weighted by Crippen LogP contribution is 2.21. The summed E-state index contributed by atoms with van der Waals surface area (Å²) in [6, 6.07) is 7.90. The topological polar surface area (TPSA) is 60.0 Å². The van der Waals surface area contributed by atoms with Gasteiger partial charge in [0.1, 0.15) is 6.54 Å². The van der Waals surface area contributed by atoms with Gasteiger partial charge in [0.2, 0.25) is 5.91 Å². The first-order valence-corrected chi connectivity index (χ1v) is 6.24. The summed E-state index contributed by atoms with van der Waals surface area (Å²) in [5, 5.41) is 3.95. The van der Waals surface area contributed by atoms with Crippen molar-refractivity contribution in [3.63, 3.8) is 0 Å². The fourth-order valence-electron chi connectivity index (χ4n) is 1.96. The maximum absolute atomic E-state index is 11.8. The number of rotatable bonds is 4. The van der Waals surface area contributed by atoms with E-state index >= 15 is 0 Å². The van der Waals surface area contributed by atoms with Gasteiger partial charge >= 0.3 is 0 Å². The lowest BCUT2D eigenvalue weighted by molar-refractivity contribution is -0.122. The Bertz CT molecular complexity index is 559. The van der Waals surface area contributed by atoms with Crippen molar-refractivity contribution in [2.75, 3.05) is 5.73 Å². The molecule has 4 nitrogen and oxygen atoms in total. The molecule has 0 fully saturated rings. The van der Waals surface area contributed by atoms with E-state index in [0.29, 0.717) is 6.54 Å². The number of hydrogen-bond donors (Lipinski definition) is 2. The van der Waals surface area contributed by atoms with Gasteiger partial charge in [0.05, 0.1) is 5.52 Å². The van der Waals surface area contributed by atoms with E-state index < -0.39 is 0 Å². The van der Waals surface area contributed by atoms with Gasteiger partial charge in [0, 0.05) is 23.3 Å². The largest absolute Gasteiger partial charge is 0.398 e. The maximum atomic E-state index is 11.8. The van der Waals surface area contributed by atoms with Crippen LogP contribution >= 0.6 is 0 Å². The van der Waals surface area contributed by atoms with Crippen LogP contribution in [0.5, 0.6) is 0 Å². The highest BCUT2D eigenvalue weighted by atomic mass is 16.2. The molecule has 0 aliphatic heterocycles. The average Bonchev–Trinajstić information content (AvgIpc) is 2.74. The van der Waals surface area contributed by atoms with E-state index in [-0.39, 0.29) is 11.9 Å². The number of carbonyl (C=O) groups is 1. The van der Waals surface area contributed by atoms with Crippen molar-refractivity contribution < 1.29 is 4.79 Å². The van der Waals surface area contributed by atoms with Crippen molar-refractivity contribution in [3.05, 3.63) is 30.5 Å². The Labute approximate surface area is 107 Å². The lowest BCUT2D eigenvalue weighted by Gasteiger charge is -2.12. The summed E-state index contributed by atoms with van der Waals surface area (Å²) in [5.74, 6) is 0.0317. The first-order chi connectivity index (χ1) is 8.61. The number of aromatic nitrogens is 1. The molecular formula is C14H19N3O. The van der Waals surface area contributed by atoms with E-state index in [1.54, 1.807) is 0 Å². The van der Waals surface area contributed by atoms with E-state index in [0.717, 1.165) is 23.0 Å². The second-order valence-corrected chi connectivity index (χ2v) is 4.60. The van der Waals surface area contributed by atoms with Gasteiger partial charge < -0.3 is 15.6 Å². The smallest absolute Gasteiger partial charge is 0.240 e. The number of nitrogens with one attached hydrogen (secondary N) is 1. The maximum Gasteiger partial charge on any atom is 0.240 e. The minimum Gasteiger partial charge on any atom is -0.398 e. The molecule has 4 heteroatoms. The van der Waals surface area contributed by atoms with Crippen LogP contribution in [0, 0.1) is 0 Å². The van der Waals surface area contributed by atoms with Crippen molar-refractivity contribution >= 4 is 22.5 Å². The zero-order valence-corrected chi connectivity index (χ0v) is 10.8. The fourth-order valence-corrected chi connectivity index (χ4v) is 1.96. The quantitative estimate of drug-likeness (QED) is 0.811. The normalized spacial score (nSPS) is 12.6. The van der Waals surface area contributed by atoms with Crippen LogP contribution in [0.1, 0.15) is 20.3 Å². The third-order valence-corrected chi connectivity index (χ3v) is 3.18. The van der Waals surface area contributed by atoms with Crippen LogP contribution < -0.4 is 11.1 Å². The lowest BCUT2D eigenvalue weighted by Crippen LogP contribution is -2.34. The number of benzene rings is 1. The molecule has 0 bridgehead atoms. The number of carbonyl (C=O) groups excluding carboxylic acids is 1. The molecule has 1 atom stereocenters. The standard InChI is InChI=1S/C14H19N3O/c1-3-10(2)16-14(18)9-17-8-7-11-12(15)5-4-6-13(11)17/h4-8,10H,3,9,15H2,1-2H3,(H,16,18). The molecule has 1 aromatic heterocycles. The van der Waals surface area contributed by atoms with Crippen molar-refractivity contribution in [2.45, 2.75) is 32.9 Å². The second-order valence-electron chi connectivity index (χ2n) is 4.60. The Balaban J connectivity index is 2.17. The molecular weight excluding hydrogens is 226 g/mol. The lowest BCUT2D eigenvalue weighted by atomic mass is 10.2. The summed E-state index contributed by atoms with van der Waals surface area (Å²) in [7, 11) is 0. The summed E-state index contributed by atoms with van der Waals surface area (Å²) >= 11 is 0. The molecule has 0 aliphatic carbocycles. The van der Waals surface area contributed by atoms with Gasteiger partial charge in [-0.2, -0.15) is 0 Å². The molecule has 1 heterocycles. The molecule has 1 amide bonds. The molecule has 18 heavy (non-hydrogen) atoms. The summed E-state index contributed by atoms with van der Waals surface area (Å²) in [5.41, 5.74) is 7.63. The Morgan fingerprint density at radius 3 is 2.94 bits per heavy atom. The molecule has 0 spiro atoms. The molecule has 0 radical (unpaired) electrons. The highest BCUT2D eigenvalue weighted by molar-refractivity contribution is 5.92. The monoisotopic (exact) mass is 245 g/mol. The van der Waals surface area contributed by atoms with Crippen molar-refractivity contribution in [3.8, 4) is 0 Å². The van der Waals surface area contributed by atoms with Gasteiger partial charge in [-0.05, 0) is 31.5 Å². The van der Waals surface area contributed by atoms with Gasteiger partial charge in [-0.15, -0.1) is 0 Å². The first-order valence-electron chi connectivity index (χ1n) is 6.24. The Hall–Kier alpha value is -1.97. The summed E-state index contributed by atoms with van der Waals surface area (Å²) < 4.78 is 1.92. The Kier molecular flexibility index (Phi) is 3.55. The molecule has 1 aromatic carbocycles. The number of hydrogen-bond acceptors (Lipinski definition) is 2. The summed E-state index contributed by atoms with van der Waals surface area (Å²) in [6.07, 6.45) is 2.84. The number of nitrogens with two attached hydrogens (primary N) is 1. The SMILES string of the molecule is CCC(C)NC(=O)Cn1ccc2c(N)cccc21. The minimum absolute atomic E-state index is 0.0317. The van der Waals surface area contributed by atoms with E-state index in [2.05, 4.69) is 12.2 Å². The third kappa shape index (κ3) is 2.47. The molecule has 2 rings (SSSR count). The molecule has 1 unspecified atom stereocenters. The molecule has 2 aromatic rings. The van der Waals surface area contributed by atoms with Crippen LogP contribution in [0.2, 0.25) is 0 Å². The molecule has 0 saturated carbocycles. The summed E-state index contributed by atoms with van der Waals surface area (Å²) in [4.78, 5) is 11.8. The van der Waals surface area contributed by atoms with Crippen LogP contribution in [-0.2, 0) is 11.3 Å². The Morgan fingerprint density at radius 1 is 1.44 bits per heavy atom. The number of fused-ring (bicyclic) bond motifs is 1. The van der Waals surface area contributed by atoms with Gasteiger partial charge in [0.25, 0.3) is 0 Å². The van der Waals surface area contributed by atoms with Gasteiger partial charge in [-0.25, -0.2) is 0 Å². The number of nitrogen functional groups attached to an aromatic ring is 1. The van der Waals surface area contributed by atoms with Crippen molar-refractivity contribution in [2.24, 2.45) is 0 Å². The van der Waals surface area contributed by atoms with Crippen LogP contribution in [0.15, 0.2) is 30.5 Å². The van der Waals surface area contributed by atoms with Crippen LogP contribution in [-0.4, -0.2) is 16.5 Å². The van der Waals surface area contributed by atoms with E-state index in [1.165, 1.54) is 0 Å². The number of nitrogens with zero attached hydrogens (tertiary/aromatic N) is 1. The second kappa shape index (κ2) is 5.12. The van der Waals surface area contributed by atoms with Crippen LogP contribution in [0.25, 0.3) is 10.9 Å². The van der Waals surface area contributed by atoms with Crippen LogP contribution in [0.4, 0.5) is 5.69 Å². The molecule has 96 valence electrons. The Morgan fingerprint density at radius 2 is 2.22 bits per heavy atom. The van der Waals surface area contributed by atoms with Crippen LogP contribution in [0.3, 0.4) is 0 Å². The zero-order valence-electron chi connectivity index (χ0n) is 10.8. The van der Waals surface area contributed by atoms with Gasteiger partial charge in [-0.1, -0.05) is 13.0 Å². The van der Waals surface area contributed by atoms with Gasteiger partial charge in [0.15, 0.2) is 0 Å². The van der Waals surface area contributed by atoms with E-state index in [9.17, 15) is 4.79 Å². The molecule has 0 aliphatic rings. The average molecular weight is 245 g/mol. The first kappa shape index (κ1) is 12.5. The molecule has 3 N–H and O–H groups in total. The minimum atomic E-state index is 0.0317. The number of amides is 1. The highest BCUT2D eigenvalue weighted by Gasteiger charge is 2.09.